The Balaban J connectivity index is 1.59. The molecule has 0 aromatic heterocycles. The van der Waals surface area contributed by atoms with Crippen molar-refractivity contribution in [2.45, 2.75) is 22.9 Å². The van der Waals surface area contributed by atoms with Crippen LogP contribution in [0.15, 0.2) is 109 Å². The van der Waals surface area contributed by atoms with Crippen LogP contribution in [0.4, 0.5) is 11.4 Å². The van der Waals surface area contributed by atoms with Gasteiger partial charge in [-0.2, -0.15) is 0 Å². The van der Waals surface area contributed by atoms with E-state index in [4.69, 9.17) is 0 Å². The van der Waals surface area contributed by atoms with Gasteiger partial charge in [0.1, 0.15) is 11.1 Å². The van der Waals surface area contributed by atoms with Crippen LogP contribution in [0.2, 0.25) is 0 Å². The molecule has 0 bridgehead atoms. The predicted molar refractivity (Wildman–Crippen MR) is 142 cm³/mol. The van der Waals surface area contributed by atoms with E-state index < -0.39 is 11.1 Å². The third kappa shape index (κ3) is 2.17. The number of hydrogen-bond acceptors (Lipinski definition) is 4. The molecule has 4 atom stereocenters. The minimum Gasteiger partial charge on any atom is -0.358 e. The Labute approximate surface area is 210 Å². The van der Waals surface area contributed by atoms with Crippen LogP contribution < -0.4 is 9.80 Å². The molecule has 4 aromatic carbocycles. The Kier molecular flexibility index (Phi) is 4.21. The molecule has 1 aliphatic carbocycles. The first kappa shape index (κ1) is 21.1. The van der Waals surface area contributed by atoms with E-state index in [0.717, 1.165) is 22.5 Å². The van der Waals surface area contributed by atoms with E-state index in [1.165, 1.54) is 0 Å². The molecule has 4 unspecified atom stereocenters. The van der Waals surface area contributed by atoms with Crippen LogP contribution in [0.25, 0.3) is 0 Å². The van der Waals surface area contributed by atoms with Crippen LogP contribution in [0, 0.1) is 0 Å². The molecule has 3 aliphatic rings. The van der Waals surface area contributed by atoms with Crippen LogP contribution in [-0.2, 0) is 0 Å². The number of anilines is 2. The Morgan fingerprint density at radius 2 is 0.833 bits per heavy atom. The molecule has 1 fully saturated rings. The number of fused-ring (bicyclic) bond motifs is 3. The zero-order valence-electron chi connectivity index (χ0n) is 20.3. The van der Waals surface area contributed by atoms with Gasteiger partial charge < -0.3 is 9.80 Å². The lowest BCUT2D eigenvalue weighted by Crippen LogP contribution is -2.86. The van der Waals surface area contributed by atoms with Gasteiger partial charge in [0.05, 0.1) is 0 Å². The monoisotopic (exact) mass is 470 g/mol. The van der Waals surface area contributed by atoms with Crippen molar-refractivity contribution >= 4 is 22.9 Å². The highest BCUT2D eigenvalue weighted by Gasteiger charge is 2.85. The minimum absolute atomic E-state index is 0.0228. The molecule has 0 N–H and O–H groups in total. The summed E-state index contributed by atoms with van der Waals surface area (Å²) >= 11 is 0. The van der Waals surface area contributed by atoms with Crippen molar-refractivity contribution < 1.29 is 9.59 Å². The smallest absolute Gasteiger partial charge is 0.194 e. The van der Waals surface area contributed by atoms with Crippen molar-refractivity contribution in [2.75, 3.05) is 23.9 Å². The average Bonchev–Trinajstić information content (AvgIpc) is 3.30. The number of rotatable bonds is 2. The number of carbonyl (C=O) groups excluding carboxylic acids is 2. The molecule has 176 valence electrons. The van der Waals surface area contributed by atoms with Crippen molar-refractivity contribution in [3.63, 3.8) is 0 Å². The second-order valence-corrected chi connectivity index (χ2v) is 10.1. The van der Waals surface area contributed by atoms with E-state index in [1.54, 1.807) is 0 Å². The number of benzene rings is 4. The zero-order chi connectivity index (χ0) is 24.7. The van der Waals surface area contributed by atoms with Crippen molar-refractivity contribution in [3.05, 3.63) is 131 Å². The SMILES string of the molecule is CN1c2ccccc2C(=O)C12C(c1ccccc1)C(c1ccccc1)C21C(=O)c2ccccc2N1C. The summed E-state index contributed by atoms with van der Waals surface area (Å²) in [5, 5.41) is 0. The number of hydrogen-bond donors (Lipinski definition) is 0. The number of likely N-dealkylation sites (N-methyl/N-ethyl adjacent to an activating group) is 2. The fourth-order valence-corrected chi connectivity index (χ4v) is 7.62. The molecule has 2 heterocycles. The Morgan fingerprint density at radius 3 is 1.19 bits per heavy atom. The van der Waals surface area contributed by atoms with Gasteiger partial charge in [-0.25, -0.2) is 0 Å². The standard InChI is InChI=1S/C32H26N2O2/c1-33-25-19-11-9-17-23(25)29(35)31(33)27(21-13-5-3-6-14-21)28(22-15-7-4-8-16-22)32(31)30(36)24-18-10-12-20-26(24)34(32)2/h3-20,27-28H,1-2H3. The molecule has 0 radical (unpaired) electrons. The van der Waals surface area contributed by atoms with Crippen molar-refractivity contribution in [3.8, 4) is 0 Å². The molecular formula is C32H26N2O2. The van der Waals surface area contributed by atoms with Crippen LogP contribution >= 0.6 is 0 Å². The Bertz CT molecular complexity index is 1420. The molecule has 0 amide bonds. The topological polar surface area (TPSA) is 40.6 Å². The highest BCUT2D eigenvalue weighted by molar-refractivity contribution is 6.27. The maximum Gasteiger partial charge on any atom is 0.194 e. The fourth-order valence-electron chi connectivity index (χ4n) is 7.62. The average molecular weight is 471 g/mol. The summed E-state index contributed by atoms with van der Waals surface area (Å²) in [6.07, 6.45) is 0. The summed E-state index contributed by atoms with van der Waals surface area (Å²) in [4.78, 5) is 33.7. The van der Waals surface area contributed by atoms with E-state index in [0.29, 0.717) is 11.1 Å². The van der Waals surface area contributed by atoms with Crippen LogP contribution in [0.3, 0.4) is 0 Å². The second-order valence-electron chi connectivity index (χ2n) is 10.1. The quantitative estimate of drug-likeness (QED) is 0.376. The van der Waals surface area contributed by atoms with Gasteiger partial charge in [0.2, 0.25) is 0 Å². The van der Waals surface area contributed by atoms with Crippen LogP contribution in [0.1, 0.15) is 43.7 Å². The van der Waals surface area contributed by atoms with Gasteiger partial charge >= 0.3 is 0 Å². The van der Waals surface area contributed by atoms with Gasteiger partial charge in [0.15, 0.2) is 11.6 Å². The molecule has 4 heteroatoms. The number of nitrogens with zero attached hydrogens (tertiary/aromatic N) is 2. The van der Waals surface area contributed by atoms with E-state index in [9.17, 15) is 9.59 Å². The number of ketones is 2. The summed E-state index contributed by atoms with van der Waals surface area (Å²) in [6.45, 7) is 0. The normalized spacial score (nSPS) is 27.9. The van der Waals surface area contributed by atoms with Crippen molar-refractivity contribution in [2.24, 2.45) is 0 Å². The van der Waals surface area contributed by atoms with E-state index in [1.807, 2.05) is 99.0 Å². The van der Waals surface area contributed by atoms with E-state index in [-0.39, 0.29) is 23.4 Å². The van der Waals surface area contributed by atoms with Gasteiger partial charge in [-0.05, 0) is 35.4 Å². The highest BCUT2D eigenvalue weighted by atomic mass is 16.2. The number of para-hydroxylation sites is 2. The third-order valence-electron chi connectivity index (χ3n) is 8.90. The predicted octanol–water partition coefficient (Wildman–Crippen LogP) is 5.71. The lowest BCUT2D eigenvalue weighted by Gasteiger charge is -2.69. The lowest BCUT2D eigenvalue weighted by molar-refractivity contribution is 0.0223. The molecule has 1 saturated carbocycles. The summed E-state index contributed by atoms with van der Waals surface area (Å²) in [5.74, 6) is -0.386. The maximum absolute atomic E-state index is 14.8. The van der Waals surface area contributed by atoms with E-state index >= 15 is 0 Å². The Hall–Kier alpha value is -4.18. The fraction of sp³-hybridized carbons (Fsp3) is 0.188. The molecule has 7 rings (SSSR count). The molecule has 2 aliphatic heterocycles. The summed E-state index contributed by atoms with van der Waals surface area (Å²) in [7, 11) is 3.99. The third-order valence-corrected chi connectivity index (χ3v) is 8.90. The highest BCUT2D eigenvalue weighted by Crippen LogP contribution is 2.72. The first-order valence-electron chi connectivity index (χ1n) is 12.4. The maximum atomic E-state index is 14.8. The number of carbonyl (C=O) groups is 2. The summed E-state index contributed by atoms with van der Waals surface area (Å²) in [6, 6.07) is 36.1. The molecule has 4 nitrogen and oxygen atoms in total. The summed E-state index contributed by atoms with van der Waals surface area (Å²) in [5.41, 5.74) is 3.09. The second kappa shape index (κ2) is 7.17. The van der Waals surface area contributed by atoms with Crippen molar-refractivity contribution in [1.82, 2.24) is 0 Å². The molecule has 4 aromatic rings. The molecule has 2 spiro atoms. The van der Waals surface area contributed by atoms with Gasteiger partial charge in [0.25, 0.3) is 0 Å². The van der Waals surface area contributed by atoms with Gasteiger partial charge in [-0.15, -0.1) is 0 Å². The van der Waals surface area contributed by atoms with E-state index in [2.05, 4.69) is 34.1 Å². The van der Waals surface area contributed by atoms with Gasteiger partial charge in [-0.1, -0.05) is 84.9 Å². The van der Waals surface area contributed by atoms with Crippen LogP contribution in [-0.4, -0.2) is 36.7 Å². The largest absolute Gasteiger partial charge is 0.358 e. The van der Waals surface area contributed by atoms with Gasteiger partial charge in [0, 0.05) is 48.4 Å². The van der Waals surface area contributed by atoms with Crippen LogP contribution in [0.5, 0.6) is 0 Å². The first-order valence-corrected chi connectivity index (χ1v) is 12.4. The molecule has 0 saturated heterocycles. The Morgan fingerprint density at radius 1 is 0.500 bits per heavy atom. The van der Waals surface area contributed by atoms with Gasteiger partial charge in [-0.3, -0.25) is 9.59 Å². The minimum atomic E-state index is -1.09. The lowest BCUT2D eigenvalue weighted by atomic mass is 9.40. The summed E-state index contributed by atoms with van der Waals surface area (Å²) < 4.78 is 0. The molecular weight excluding hydrogens is 444 g/mol. The molecule has 36 heavy (non-hydrogen) atoms. The first-order chi connectivity index (χ1) is 17.6. The zero-order valence-corrected chi connectivity index (χ0v) is 20.3. The van der Waals surface area contributed by atoms with Crippen molar-refractivity contribution in [1.29, 1.82) is 0 Å². The number of Topliss-reactive ketones (excluding diaryl/α,β-unsaturated/α-hetero) is 2.